The number of nitrogens with zero attached hydrogens (tertiary/aromatic N) is 2. The highest BCUT2D eigenvalue weighted by atomic mass is 35.5. The zero-order valence-electron chi connectivity index (χ0n) is 19.4. The van der Waals surface area contributed by atoms with Gasteiger partial charge in [-0.2, -0.15) is 0 Å². The van der Waals surface area contributed by atoms with Crippen LogP contribution in [-0.4, -0.2) is 47.9 Å². The molecule has 2 amide bonds. The van der Waals surface area contributed by atoms with Crippen molar-refractivity contribution < 1.29 is 14.3 Å². The highest BCUT2D eigenvalue weighted by Crippen LogP contribution is 2.34. The number of fused-ring (bicyclic) bond motifs is 1. The lowest BCUT2D eigenvalue weighted by Gasteiger charge is -2.37. The molecule has 0 aliphatic carbocycles. The van der Waals surface area contributed by atoms with Crippen molar-refractivity contribution in [2.45, 2.75) is 19.4 Å². The van der Waals surface area contributed by atoms with E-state index >= 15 is 0 Å². The maximum Gasteiger partial charge on any atom is 0.254 e. The van der Waals surface area contributed by atoms with Crippen LogP contribution in [-0.2, 0) is 11.2 Å². The van der Waals surface area contributed by atoms with Gasteiger partial charge in [-0.3, -0.25) is 9.59 Å². The Morgan fingerprint density at radius 1 is 1.23 bits per heavy atom. The number of aryl methyl sites for hydroxylation is 1. The number of thiophene rings is 1. The smallest absolute Gasteiger partial charge is 0.254 e. The van der Waals surface area contributed by atoms with E-state index in [4.69, 9.17) is 27.9 Å². The largest absolute Gasteiger partial charge is 0.491 e. The molecule has 1 aromatic heterocycles. The molecule has 1 aliphatic rings. The van der Waals surface area contributed by atoms with Crippen LogP contribution >= 0.6 is 34.5 Å². The summed E-state index contributed by atoms with van der Waals surface area (Å²) in [5.41, 5.74) is 2.46. The van der Waals surface area contributed by atoms with Crippen LogP contribution in [0, 0.1) is 6.92 Å². The van der Waals surface area contributed by atoms with Crippen LogP contribution in [0.3, 0.4) is 0 Å². The van der Waals surface area contributed by atoms with E-state index in [0.29, 0.717) is 34.5 Å². The van der Waals surface area contributed by atoms with Gasteiger partial charge in [-0.05, 0) is 72.3 Å². The first-order valence-corrected chi connectivity index (χ1v) is 12.9. The van der Waals surface area contributed by atoms with E-state index in [0.717, 1.165) is 17.5 Å². The second-order valence-corrected chi connectivity index (χ2v) is 10.2. The summed E-state index contributed by atoms with van der Waals surface area (Å²) in [5.74, 6) is 0.296. The van der Waals surface area contributed by atoms with Crippen LogP contribution in [0.4, 0.5) is 0 Å². The van der Waals surface area contributed by atoms with Crippen LogP contribution in [0.1, 0.15) is 32.4 Å². The fraction of sp³-hybridized carbons (Fsp3) is 0.259. The first-order chi connectivity index (χ1) is 16.9. The predicted molar refractivity (Wildman–Crippen MR) is 142 cm³/mol. The fourth-order valence-corrected chi connectivity index (χ4v) is 5.43. The number of carbonyl (C=O) groups is 2. The van der Waals surface area contributed by atoms with Crippen LogP contribution in [0.2, 0.25) is 10.0 Å². The van der Waals surface area contributed by atoms with E-state index in [1.165, 1.54) is 9.78 Å². The van der Waals surface area contributed by atoms with E-state index < -0.39 is 0 Å². The lowest BCUT2D eigenvalue weighted by molar-refractivity contribution is -0.135. The van der Waals surface area contributed by atoms with E-state index in [1.54, 1.807) is 47.7 Å². The van der Waals surface area contributed by atoms with Gasteiger partial charge in [-0.25, -0.2) is 0 Å². The van der Waals surface area contributed by atoms with Crippen molar-refractivity contribution >= 4 is 46.4 Å². The molecular weight excluding hydrogens is 503 g/mol. The molecule has 1 atom stereocenters. The number of benzene rings is 2. The van der Waals surface area contributed by atoms with Crippen molar-refractivity contribution in [3.8, 4) is 5.75 Å². The number of amides is 2. The van der Waals surface area contributed by atoms with Gasteiger partial charge in [-0.1, -0.05) is 35.3 Å². The highest BCUT2D eigenvalue weighted by molar-refractivity contribution is 7.10. The molecule has 2 aromatic carbocycles. The highest BCUT2D eigenvalue weighted by Gasteiger charge is 2.33. The van der Waals surface area contributed by atoms with Crippen LogP contribution in [0.15, 0.2) is 66.6 Å². The second kappa shape index (κ2) is 11.3. The zero-order valence-corrected chi connectivity index (χ0v) is 21.7. The standard InChI is InChI=1S/C27H26Cl2N2O3S/c1-3-11-30(27(33)19-5-4-6-20(28)15-19)16-26(32)31-12-9-25-22(10-13-35-25)24(31)17-34-21-7-8-23(29)18(2)14-21/h3-8,10,13-15,24H,1,9,11-12,16-17H2,2H3. The zero-order chi connectivity index (χ0) is 24.9. The van der Waals surface area contributed by atoms with Crippen molar-refractivity contribution in [2.75, 3.05) is 26.2 Å². The third-order valence-electron chi connectivity index (χ3n) is 5.99. The summed E-state index contributed by atoms with van der Waals surface area (Å²) >= 11 is 13.9. The molecule has 0 spiro atoms. The Balaban J connectivity index is 1.53. The summed E-state index contributed by atoms with van der Waals surface area (Å²) in [6.45, 7) is 6.74. The Hall–Kier alpha value is -2.80. The predicted octanol–water partition coefficient (Wildman–Crippen LogP) is 6.20. The summed E-state index contributed by atoms with van der Waals surface area (Å²) in [7, 11) is 0. The molecule has 1 aliphatic heterocycles. The summed E-state index contributed by atoms with van der Waals surface area (Å²) in [6.07, 6.45) is 2.39. The first-order valence-electron chi connectivity index (χ1n) is 11.3. The Labute approximate surface area is 219 Å². The number of hydrogen-bond donors (Lipinski definition) is 0. The van der Waals surface area contributed by atoms with Gasteiger partial charge in [0.05, 0.1) is 6.04 Å². The lowest BCUT2D eigenvalue weighted by Crippen LogP contribution is -2.47. The van der Waals surface area contributed by atoms with Crippen molar-refractivity contribution in [1.82, 2.24) is 9.80 Å². The van der Waals surface area contributed by atoms with Gasteiger partial charge < -0.3 is 14.5 Å². The number of carbonyl (C=O) groups excluding carboxylic acids is 2. The van der Waals surface area contributed by atoms with E-state index in [-0.39, 0.29) is 30.9 Å². The van der Waals surface area contributed by atoms with E-state index in [1.807, 2.05) is 29.3 Å². The van der Waals surface area contributed by atoms with Crippen molar-refractivity contribution in [3.63, 3.8) is 0 Å². The van der Waals surface area contributed by atoms with E-state index in [9.17, 15) is 9.59 Å². The molecule has 0 fully saturated rings. The van der Waals surface area contributed by atoms with Gasteiger partial charge in [0.2, 0.25) is 5.91 Å². The van der Waals surface area contributed by atoms with Crippen molar-refractivity contribution in [3.05, 3.63) is 98.2 Å². The minimum absolute atomic E-state index is 0.0621. The average molecular weight is 529 g/mol. The summed E-state index contributed by atoms with van der Waals surface area (Å²) < 4.78 is 6.11. The topological polar surface area (TPSA) is 49.9 Å². The molecule has 0 N–H and O–H groups in total. The van der Waals surface area contributed by atoms with Crippen LogP contribution in [0.5, 0.6) is 5.75 Å². The molecular formula is C27H26Cl2N2O3S. The van der Waals surface area contributed by atoms with Crippen LogP contribution in [0.25, 0.3) is 0 Å². The van der Waals surface area contributed by atoms with Gasteiger partial charge in [0.1, 0.15) is 18.9 Å². The molecule has 2 heterocycles. The van der Waals surface area contributed by atoms with Crippen LogP contribution < -0.4 is 4.74 Å². The van der Waals surface area contributed by atoms with Crippen molar-refractivity contribution in [1.29, 1.82) is 0 Å². The minimum atomic E-state index is -0.265. The molecule has 0 bridgehead atoms. The number of rotatable bonds is 8. The SMILES string of the molecule is C=CCN(CC(=O)N1CCc2sccc2C1COc1ccc(Cl)c(C)c1)C(=O)c1cccc(Cl)c1. The fourth-order valence-electron chi connectivity index (χ4n) is 4.19. The molecule has 0 saturated heterocycles. The Morgan fingerprint density at radius 3 is 2.80 bits per heavy atom. The molecule has 35 heavy (non-hydrogen) atoms. The summed E-state index contributed by atoms with van der Waals surface area (Å²) in [5, 5.41) is 3.19. The molecule has 3 aromatic rings. The number of hydrogen-bond acceptors (Lipinski definition) is 4. The Bertz CT molecular complexity index is 1240. The molecule has 5 nitrogen and oxygen atoms in total. The number of ether oxygens (including phenoxy) is 1. The quantitative estimate of drug-likeness (QED) is 0.327. The lowest BCUT2D eigenvalue weighted by atomic mass is 10.0. The van der Waals surface area contributed by atoms with Gasteiger partial charge in [0.25, 0.3) is 5.91 Å². The molecule has 0 saturated carbocycles. The third-order valence-corrected chi connectivity index (χ3v) is 7.64. The molecule has 4 rings (SSSR count). The third kappa shape index (κ3) is 5.89. The maximum absolute atomic E-state index is 13.5. The van der Waals surface area contributed by atoms with Gasteiger partial charge >= 0.3 is 0 Å². The number of halogens is 2. The second-order valence-electron chi connectivity index (χ2n) is 8.36. The normalized spacial score (nSPS) is 14.8. The monoisotopic (exact) mass is 528 g/mol. The summed E-state index contributed by atoms with van der Waals surface area (Å²) in [6, 6.07) is 14.1. The first kappa shape index (κ1) is 25.3. The summed E-state index contributed by atoms with van der Waals surface area (Å²) in [4.78, 5) is 31.2. The molecule has 182 valence electrons. The average Bonchev–Trinajstić information content (AvgIpc) is 3.33. The maximum atomic E-state index is 13.5. The molecule has 1 unspecified atom stereocenters. The van der Waals surface area contributed by atoms with Gasteiger partial charge in [-0.15, -0.1) is 17.9 Å². The van der Waals surface area contributed by atoms with Gasteiger partial charge in [0, 0.05) is 33.6 Å². The van der Waals surface area contributed by atoms with Gasteiger partial charge in [0.15, 0.2) is 0 Å². The Morgan fingerprint density at radius 2 is 2.06 bits per heavy atom. The minimum Gasteiger partial charge on any atom is -0.491 e. The Kier molecular flexibility index (Phi) is 8.16. The molecule has 0 radical (unpaired) electrons. The van der Waals surface area contributed by atoms with Crippen molar-refractivity contribution in [2.24, 2.45) is 0 Å². The van der Waals surface area contributed by atoms with E-state index in [2.05, 4.69) is 12.6 Å². The molecule has 8 heteroatoms.